The van der Waals surface area contributed by atoms with Crippen molar-refractivity contribution in [2.75, 3.05) is 11.1 Å². The van der Waals surface area contributed by atoms with Gasteiger partial charge in [-0.3, -0.25) is 0 Å². The Kier molecular flexibility index (Phi) is 3.33. The number of rotatable bonds is 2. The average molecular weight is 295 g/mol. The SMILES string of the molecule is Cc1cc(N)cc(Nc2c(F)cccc2Br)c1. The molecule has 0 fully saturated rings. The van der Waals surface area contributed by atoms with Crippen molar-refractivity contribution in [1.29, 1.82) is 0 Å². The van der Waals surface area contributed by atoms with Crippen LogP contribution in [0.15, 0.2) is 40.9 Å². The molecule has 17 heavy (non-hydrogen) atoms. The minimum absolute atomic E-state index is 0.306. The molecule has 0 radical (unpaired) electrons. The first-order valence-corrected chi connectivity index (χ1v) is 5.94. The highest BCUT2D eigenvalue weighted by Crippen LogP contribution is 2.29. The van der Waals surface area contributed by atoms with Gasteiger partial charge in [-0.2, -0.15) is 0 Å². The smallest absolute Gasteiger partial charge is 0.147 e. The van der Waals surface area contributed by atoms with Gasteiger partial charge in [-0.15, -0.1) is 0 Å². The molecule has 0 aromatic heterocycles. The van der Waals surface area contributed by atoms with E-state index in [4.69, 9.17) is 5.73 Å². The van der Waals surface area contributed by atoms with E-state index in [9.17, 15) is 4.39 Å². The van der Waals surface area contributed by atoms with Gasteiger partial charge >= 0.3 is 0 Å². The second-order valence-corrected chi connectivity index (χ2v) is 4.71. The lowest BCUT2D eigenvalue weighted by Gasteiger charge is -2.11. The van der Waals surface area contributed by atoms with Gasteiger partial charge in [0, 0.05) is 15.8 Å². The van der Waals surface area contributed by atoms with E-state index in [2.05, 4.69) is 21.2 Å². The molecule has 0 unspecified atom stereocenters. The summed E-state index contributed by atoms with van der Waals surface area (Å²) in [7, 11) is 0. The number of nitrogens with one attached hydrogen (secondary N) is 1. The van der Waals surface area contributed by atoms with E-state index in [-0.39, 0.29) is 5.82 Å². The molecule has 2 rings (SSSR count). The molecule has 2 aromatic carbocycles. The van der Waals surface area contributed by atoms with Crippen molar-refractivity contribution >= 4 is 33.0 Å². The van der Waals surface area contributed by atoms with Crippen LogP contribution in [0.5, 0.6) is 0 Å². The number of anilines is 3. The summed E-state index contributed by atoms with van der Waals surface area (Å²) >= 11 is 3.31. The van der Waals surface area contributed by atoms with Crippen molar-refractivity contribution in [3.63, 3.8) is 0 Å². The number of nitrogen functional groups attached to an aromatic ring is 1. The second kappa shape index (κ2) is 4.75. The first-order valence-electron chi connectivity index (χ1n) is 5.14. The molecule has 4 heteroatoms. The summed E-state index contributed by atoms with van der Waals surface area (Å²) < 4.78 is 14.3. The lowest BCUT2D eigenvalue weighted by molar-refractivity contribution is 0.631. The molecule has 0 spiro atoms. The zero-order valence-electron chi connectivity index (χ0n) is 9.30. The highest BCUT2D eigenvalue weighted by Gasteiger charge is 2.06. The Bertz CT molecular complexity index is 515. The molecule has 3 N–H and O–H groups in total. The van der Waals surface area contributed by atoms with E-state index >= 15 is 0 Å². The molecule has 0 saturated carbocycles. The number of aryl methyl sites for hydroxylation is 1. The zero-order chi connectivity index (χ0) is 12.4. The molecule has 0 heterocycles. The maximum atomic E-state index is 13.6. The van der Waals surface area contributed by atoms with Crippen molar-refractivity contribution in [1.82, 2.24) is 0 Å². The Labute approximate surface area is 108 Å². The predicted molar refractivity (Wildman–Crippen MR) is 73.0 cm³/mol. The largest absolute Gasteiger partial charge is 0.399 e. The molecule has 0 saturated heterocycles. The quantitative estimate of drug-likeness (QED) is 0.814. The minimum atomic E-state index is -0.306. The maximum Gasteiger partial charge on any atom is 0.147 e. The topological polar surface area (TPSA) is 38.0 Å². The Morgan fingerprint density at radius 3 is 2.65 bits per heavy atom. The van der Waals surface area contributed by atoms with Gasteiger partial charge in [0.25, 0.3) is 0 Å². The summed E-state index contributed by atoms with van der Waals surface area (Å²) in [4.78, 5) is 0. The van der Waals surface area contributed by atoms with Crippen molar-refractivity contribution in [2.24, 2.45) is 0 Å². The van der Waals surface area contributed by atoms with Crippen LogP contribution in [0, 0.1) is 12.7 Å². The first kappa shape index (κ1) is 11.9. The summed E-state index contributed by atoms with van der Waals surface area (Å²) in [6.07, 6.45) is 0. The predicted octanol–water partition coefficient (Wildman–Crippen LogP) is 4.22. The maximum absolute atomic E-state index is 13.6. The summed E-state index contributed by atoms with van der Waals surface area (Å²) in [5.41, 5.74) is 8.61. The third kappa shape index (κ3) is 2.77. The van der Waals surface area contributed by atoms with Gasteiger partial charge in [-0.05, 0) is 58.7 Å². The minimum Gasteiger partial charge on any atom is -0.399 e. The van der Waals surface area contributed by atoms with Gasteiger partial charge in [0.05, 0.1) is 5.69 Å². The van der Waals surface area contributed by atoms with Gasteiger partial charge in [0.15, 0.2) is 0 Å². The molecule has 0 bridgehead atoms. The molecular formula is C13H12BrFN2. The second-order valence-electron chi connectivity index (χ2n) is 3.85. The van der Waals surface area contributed by atoms with Crippen LogP contribution in [0.4, 0.5) is 21.5 Å². The molecule has 0 aliphatic carbocycles. The van der Waals surface area contributed by atoms with Crippen molar-refractivity contribution in [3.8, 4) is 0 Å². The summed E-state index contributed by atoms with van der Waals surface area (Å²) in [5, 5.41) is 3.02. The monoisotopic (exact) mass is 294 g/mol. The Balaban J connectivity index is 2.38. The van der Waals surface area contributed by atoms with Gasteiger partial charge < -0.3 is 11.1 Å². The third-order valence-corrected chi connectivity index (χ3v) is 2.99. The fourth-order valence-corrected chi connectivity index (χ4v) is 2.09. The zero-order valence-corrected chi connectivity index (χ0v) is 10.9. The van der Waals surface area contributed by atoms with Crippen LogP contribution < -0.4 is 11.1 Å². The van der Waals surface area contributed by atoms with Crippen LogP contribution in [0.1, 0.15) is 5.56 Å². The lowest BCUT2D eigenvalue weighted by atomic mass is 10.2. The molecule has 2 nitrogen and oxygen atoms in total. The Morgan fingerprint density at radius 2 is 2.00 bits per heavy atom. The molecule has 0 atom stereocenters. The van der Waals surface area contributed by atoms with E-state index in [0.717, 1.165) is 11.3 Å². The van der Waals surface area contributed by atoms with Gasteiger partial charge in [-0.25, -0.2) is 4.39 Å². The fraction of sp³-hybridized carbons (Fsp3) is 0.0769. The highest BCUT2D eigenvalue weighted by atomic mass is 79.9. The van der Waals surface area contributed by atoms with E-state index < -0.39 is 0 Å². The summed E-state index contributed by atoms with van der Waals surface area (Å²) in [6, 6.07) is 10.4. The van der Waals surface area contributed by atoms with Crippen molar-refractivity contribution < 1.29 is 4.39 Å². The first-order chi connectivity index (χ1) is 8.06. The van der Waals surface area contributed by atoms with Crippen LogP contribution in [0.2, 0.25) is 0 Å². The Hall–Kier alpha value is -1.55. The molecule has 0 aliphatic rings. The van der Waals surface area contributed by atoms with Gasteiger partial charge in [-0.1, -0.05) is 6.07 Å². The highest BCUT2D eigenvalue weighted by molar-refractivity contribution is 9.10. The number of hydrogen-bond acceptors (Lipinski definition) is 2. The molecule has 88 valence electrons. The molecule has 2 aromatic rings. The average Bonchev–Trinajstić information content (AvgIpc) is 2.22. The van der Waals surface area contributed by atoms with Crippen LogP contribution in [-0.4, -0.2) is 0 Å². The van der Waals surface area contributed by atoms with E-state index in [0.29, 0.717) is 15.8 Å². The lowest BCUT2D eigenvalue weighted by Crippen LogP contribution is -1.96. The van der Waals surface area contributed by atoms with Crippen LogP contribution in [0.25, 0.3) is 0 Å². The van der Waals surface area contributed by atoms with Crippen LogP contribution >= 0.6 is 15.9 Å². The van der Waals surface area contributed by atoms with Crippen molar-refractivity contribution in [2.45, 2.75) is 6.92 Å². The third-order valence-electron chi connectivity index (χ3n) is 2.33. The number of halogens is 2. The molecular weight excluding hydrogens is 283 g/mol. The molecule has 0 amide bonds. The van der Waals surface area contributed by atoms with E-state index in [1.54, 1.807) is 18.2 Å². The van der Waals surface area contributed by atoms with E-state index in [1.165, 1.54) is 6.07 Å². The standard InChI is InChI=1S/C13H12BrFN2/c1-8-5-9(16)7-10(6-8)17-13-11(14)3-2-4-12(13)15/h2-7,17H,16H2,1H3. The van der Waals surface area contributed by atoms with Gasteiger partial charge in [0.2, 0.25) is 0 Å². The number of nitrogens with two attached hydrogens (primary N) is 1. The Morgan fingerprint density at radius 1 is 1.24 bits per heavy atom. The van der Waals surface area contributed by atoms with Crippen LogP contribution in [-0.2, 0) is 0 Å². The molecule has 0 aliphatic heterocycles. The number of benzene rings is 2. The van der Waals surface area contributed by atoms with Crippen LogP contribution in [0.3, 0.4) is 0 Å². The van der Waals surface area contributed by atoms with Gasteiger partial charge in [0.1, 0.15) is 5.82 Å². The number of hydrogen-bond donors (Lipinski definition) is 2. The number of para-hydroxylation sites is 1. The van der Waals surface area contributed by atoms with E-state index in [1.807, 2.05) is 19.1 Å². The normalized spacial score (nSPS) is 10.3. The summed E-state index contributed by atoms with van der Waals surface area (Å²) in [6.45, 7) is 1.94. The fourth-order valence-electron chi connectivity index (χ4n) is 1.65. The van der Waals surface area contributed by atoms with Crippen molar-refractivity contribution in [3.05, 3.63) is 52.3 Å². The summed E-state index contributed by atoms with van der Waals surface area (Å²) in [5.74, 6) is -0.306.